The maximum atomic E-state index is 13.5. The molecule has 1 saturated heterocycles. The molecule has 3 N–H and O–H groups in total. The van der Waals surface area contributed by atoms with Crippen molar-refractivity contribution >= 4 is 33.2 Å². The molecule has 1 aliphatic heterocycles. The molecule has 4 rings (SSSR count). The van der Waals surface area contributed by atoms with Crippen molar-refractivity contribution < 1.29 is 27.5 Å². The Balaban J connectivity index is 1.92. The Morgan fingerprint density at radius 2 is 1.50 bits per heavy atom. The molecule has 1 aliphatic rings. The van der Waals surface area contributed by atoms with Gasteiger partial charge in [-0.05, 0) is 42.0 Å². The molecule has 162 valence electrons. The van der Waals surface area contributed by atoms with E-state index in [9.17, 15) is 27.5 Å². The SMILES string of the molecule is NS(=O)(=O)c1ccc(N2C(=O)C(=O)C(=C(O)c3ccccc3)C2c2ccc(F)cc2)cc1. The second-order valence-corrected chi connectivity index (χ2v) is 8.69. The minimum atomic E-state index is -3.96. The van der Waals surface area contributed by atoms with Gasteiger partial charge in [-0.1, -0.05) is 42.5 Å². The summed E-state index contributed by atoms with van der Waals surface area (Å²) in [7, 11) is -3.96. The first-order valence-corrected chi connectivity index (χ1v) is 11.0. The molecule has 0 bridgehead atoms. The molecule has 32 heavy (non-hydrogen) atoms. The number of benzene rings is 3. The molecule has 1 fully saturated rings. The van der Waals surface area contributed by atoms with Crippen LogP contribution in [0.1, 0.15) is 17.2 Å². The molecule has 3 aromatic rings. The highest BCUT2D eigenvalue weighted by atomic mass is 32.2. The van der Waals surface area contributed by atoms with Gasteiger partial charge in [0, 0.05) is 11.3 Å². The summed E-state index contributed by atoms with van der Waals surface area (Å²) in [5, 5.41) is 16.1. The molecule has 1 atom stereocenters. The highest BCUT2D eigenvalue weighted by Gasteiger charge is 2.47. The lowest BCUT2D eigenvalue weighted by Crippen LogP contribution is -2.29. The number of amides is 1. The molecule has 7 nitrogen and oxygen atoms in total. The Morgan fingerprint density at radius 3 is 2.06 bits per heavy atom. The van der Waals surface area contributed by atoms with Crippen LogP contribution in [0.15, 0.2) is 89.3 Å². The van der Waals surface area contributed by atoms with E-state index >= 15 is 0 Å². The van der Waals surface area contributed by atoms with Crippen molar-refractivity contribution in [1.29, 1.82) is 0 Å². The maximum absolute atomic E-state index is 13.5. The van der Waals surface area contributed by atoms with Gasteiger partial charge < -0.3 is 5.11 Å². The molecule has 0 aromatic heterocycles. The van der Waals surface area contributed by atoms with E-state index in [0.29, 0.717) is 11.1 Å². The number of rotatable bonds is 4. The predicted octanol–water partition coefficient (Wildman–Crippen LogP) is 3.10. The van der Waals surface area contributed by atoms with E-state index in [4.69, 9.17) is 5.14 Å². The molecule has 3 aromatic carbocycles. The Morgan fingerprint density at radius 1 is 0.906 bits per heavy atom. The molecule has 0 aliphatic carbocycles. The molecular formula is C23H17FN2O5S. The smallest absolute Gasteiger partial charge is 0.300 e. The number of Topliss-reactive ketones (excluding diaryl/α,β-unsaturated/α-hetero) is 1. The van der Waals surface area contributed by atoms with Crippen molar-refractivity contribution in [2.24, 2.45) is 5.14 Å². The van der Waals surface area contributed by atoms with E-state index in [1.165, 1.54) is 48.5 Å². The van der Waals surface area contributed by atoms with Gasteiger partial charge in [-0.3, -0.25) is 14.5 Å². The van der Waals surface area contributed by atoms with Gasteiger partial charge in [0.2, 0.25) is 10.0 Å². The van der Waals surface area contributed by atoms with E-state index in [1.807, 2.05) is 0 Å². The number of primary sulfonamides is 1. The van der Waals surface area contributed by atoms with E-state index in [-0.39, 0.29) is 21.9 Å². The molecular weight excluding hydrogens is 435 g/mol. The molecule has 1 amide bonds. The van der Waals surface area contributed by atoms with Crippen LogP contribution in [0.25, 0.3) is 5.76 Å². The summed E-state index contributed by atoms with van der Waals surface area (Å²) >= 11 is 0. The van der Waals surface area contributed by atoms with Crippen LogP contribution in [0, 0.1) is 5.82 Å². The van der Waals surface area contributed by atoms with Gasteiger partial charge in [-0.2, -0.15) is 0 Å². The number of sulfonamides is 1. The van der Waals surface area contributed by atoms with Crippen LogP contribution in [-0.4, -0.2) is 25.2 Å². The minimum absolute atomic E-state index is 0.164. The summed E-state index contributed by atoms with van der Waals surface area (Å²) in [5.41, 5.74) is 0.769. The van der Waals surface area contributed by atoms with Gasteiger partial charge in [0.05, 0.1) is 16.5 Å². The number of anilines is 1. The van der Waals surface area contributed by atoms with Crippen molar-refractivity contribution in [1.82, 2.24) is 0 Å². The van der Waals surface area contributed by atoms with E-state index in [1.54, 1.807) is 30.3 Å². The van der Waals surface area contributed by atoms with Gasteiger partial charge in [0.25, 0.3) is 11.7 Å². The van der Waals surface area contributed by atoms with Crippen molar-refractivity contribution in [2.75, 3.05) is 4.90 Å². The first-order valence-electron chi connectivity index (χ1n) is 9.43. The second kappa shape index (κ2) is 8.03. The minimum Gasteiger partial charge on any atom is -0.507 e. The summed E-state index contributed by atoms with van der Waals surface area (Å²) in [4.78, 5) is 26.9. The summed E-state index contributed by atoms with van der Waals surface area (Å²) < 4.78 is 36.7. The van der Waals surface area contributed by atoms with E-state index < -0.39 is 33.6 Å². The summed E-state index contributed by atoms with van der Waals surface area (Å²) in [5.74, 6) is -2.72. The highest BCUT2D eigenvalue weighted by molar-refractivity contribution is 7.89. The Kier molecular flexibility index (Phi) is 5.37. The average molecular weight is 452 g/mol. The molecule has 0 saturated carbocycles. The third-order valence-electron chi connectivity index (χ3n) is 5.12. The largest absolute Gasteiger partial charge is 0.507 e. The van der Waals surface area contributed by atoms with Crippen molar-refractivity contribution in [2.45, 2.75) is 10.9 Å². The first-order chi connectivity index (χ1) is 15.2. The number of nitrogens with zero attached hydrogens (tertiary/aromatic N) is 1. The number of ketones is 1. The monoisotopic (exact) mass is 452 g/mol. The third kappa shape index (κ3) is 3.79. The van der Waals surface area contributed by atoms with Gasteiger partial charge in [-0.25, -0.2) is 17.9 Å². The normalized spacial score (nSPS) is 18.2. The quantitative estimate of drug-likeness (QED) is 0.358. The number of nitrogens with two attached hydrogens (primary N) is 1. The van der Waals surface area contributed by atoms with E-state index in [0.717, 1.165) is 4.90 Å². The average Bonchev–Trinajstić information content (AvgIpc) is 3.04. The van der Waals surface area contributed by atoms with Crippen molar-refractivity contribution in [3.05, 3.63) is 101 Å². The molecule has 0 radical (unpaired) electrons. The van der Waals surface area contributed by atoms with Crippen LogP contribution in [0.2, 0.25) is 0 Å². The fourth-order valence-electron chi connectivity index (χ4n) is 3.61. The Labute approximate surface area is 183 Å². The zero-order valence-corrected chi connectivity index (χ0v) is 17.3. The maximum Gasteiger partial charge on any atom is 0.300 e. The molecule has 1 unspecified atom stereocenters. The topological polar surface area (TPSA) is 118 Å². The first kappa shape index (κ1) is 21.4. The van der Waals surface area contributed by atoms with Crippen molar-refractivity contribution in [3.8, 4) is 0 Å². The summed E-state index contributed by atoms with van der Waals surface area (Å²) in [6, 6.07) is 17.5. The van der Waals surface area contributed by atoms with Gasteiger partial charge in [0.1, 0.15) is 11.6 Å². The lowest BCUT2D eigenvalue weighted by Gasteiger charge is -2.25. The zero-order chi connectivity index (χ0) is 23.0. The number of hydrogen-bond donors (Lipinski definition) is 2. The number of halogens is 1. The van der Waals surface area contributed by atoms with Crippen LogP contribution in [0.5, 0.6) is 0 Å². The number of aliphatic hydroxyl groups excluding tert-OH is 1. The van der Waals surface area contributed by atoms with Crippen LogP contribution in [0.4, 0.5) is 10.1 Å². The number of aliphatic hydroxyl groups is 1. The lowest BCUT2D eigenvalue weighted by molar-refractivity contribution is -0.132. The van der Waals surface area contributed by atoms with Crippen LogP contribution >= 0.6 is 0 Å². The van der Waals surface area contributed by atoms with E-state index in [2.05, 4.69) is 0 Å². The number of carbonyl (C=O) groups excluding carboxylic acids is 2. The third-order valence-corrected chi connectivity index (χ3v) is 6.05. The number of hydrogen-bond acceptors (Lipinski definition) is 5. The van der Waals surface area contributed by atoms with Gasteiger partial charge in [0.15, 0.2) is 0 Å². The molecule has 0 spiro atoms. The summed E-state index contributed by atoms with van der Waals surface area (Å²) in [6.45, 7) is 0. The standard InChI is InChI=1S/C23H17FN2O5S/c24-16-8-6-14(7-9-16)20-19(21(27)15-4-2-1-3-5-15)22(28)23(29)26(20)17-10-12-18(13-11-17)32(25,30)31/h1-13,20,27H,(H2,25,30,31). The van der Waals surface area contributed by atoms with Crippen LogP contribution < -0.4 is 10.0 Å². The summed E-state index contributed by atoms with van der Waals surface area (Å²) in [6.07, 6.45) is 0. The van der Waals surface area contributed by atoms with Gasteiger partial charge >= 0.3 is 0 Å². The van der Waals surface area contributed by atoms with Gasteiger partial charge in [-0.15, -0.1) is 0 Å². The van der Waals surface area contributed by atoms with Crippen LogP contribution in [-0.2, 0) is 19.6 Å². The molecule has 1 heterocycles. The Bertz CT molecular complexity index is 1340. The second-order valence-electron chi connectivity index (χ2n) is 7.13. The highest BCUT2D eigenvalue weighted by Crippen LogP contribution is 2.42. The van der Waals surface area contributed by atoms with Crippen LogP contribution in [0.3, 0.4) is 0 Å². The lowest BCUT2D eigenvalue weighted by atomic mass is 9.95. The zero-order valence-electron chi connectivity index (χ0n) is 16.5. The fourth-order valence-corrected chi connectivity index (χ4v) is 4.12. The Hall–Kier alpha value is -3.82. The number of carbonyl (C=O) groups is 2. The van der Waals surface area contributed by atoms with Crippen molar-refractivity contribution in [3.63, 3.8) is 0 Å². The predicted molar refractivity (Wildman–Crippen MR) is 115 cm³/mol. The molecule has 9 heteroatoms. The fraction of sp³-hybridized carbons (Fsp3) is 0.0435.